The van der Waals surface area contributed by atoms with Crippen molar-refractivity contribution in [1.29, 1.82) is 0 Å². The molecule has 1 N–H and O–H groups in total. The average molecular weight is 326 g/mol. The number of amides is 1. The number of carbonyl (C=O) groups excluding carboxylic acids is 1. The van der Waals surface area contributed by atoms with Gasteiger partial charge in [0.2, 0.25) is 0 Å². The third kappa shape index (κ3) is 2.32. The standard InChI is InChI=1S/C16H14N4O4/c21-15(13-4-6-24-18-13)20-5-3-11(20)8-19-9-17-12-2-1-10(16(22)23)7-14(12)19/h1-2,4,6-7,9,11H,3,5,8H2,(H,22,23). The Bertz CT molecular complexity index is 915. The summed E-state index contributed by atoms with van der Waals surface area (Å²) < 4.78 is 6.60. The zero-order valence-corrected chi connectivity index (χ0v) is 12.6. The van der Waals surface area contributed by atoms with Crippen LogP contribution in [0.2, 0.25) is 0 Å². The van der Waals surface area contributed by atoms with E-state index in [1.807, 2.05) is 4.57 Å². The summed E-state index contributed by atoms with van der Waals surface area (Å²) in [5, 5.41) is 12.8. The molecule has 0 radical (unpaired) electrons. The highest BCUT2D eigenvalue weighted by Gasteiger charge is 2.34. The molecule has 1 atom stereocenters. The number of imidazole rings is 1. The minimum Gasteiger partial charge on any atom is -0.478 e. The van der Waals surface area contributed by atoms with Crippen molar-refractivity contribution >= 4 is 22.9 Å². The van der Waals surface area contributed by atoms with Crippen LogP contribution in [-0.4, -0.2) is 49.2 Å². The van der Waals surface area contributed by atoms with Crippen molar-refractivity contribution in [2.24, 2.45) is 0 Å². The van der Waals surface area contributed by atoms with E-state index in [1.54, 1.807) is 29.4 Å². The van der Waals surface area contributed by atoms with Gasteiger partial charge in [-0.3, -0.25) is 4.79 Å². The molecule has 0 saturated carbocycles. The van der Waals surface area contributed by atoms with Crippen molar-refractivity contribution in [3.63, 3.8) is 0 Å². The maximum atomic E-state index is 12.3. The summed E-state index contributed by atoms with van der Waals surface area (Å²) in [6.45, 7) is 1.23. The smallest absolute Gasteiger partial charge is 0.335 e. The Kier molecular flexibility index (Phi) is 3.30. The fourth-order valence-electron chi connectivity index (χ4n) is 2.93. The first kappa shape index (κ1) is 14.4. The quantitative estimate of drug-likeness (QED) is 0.782. The maximum Gasteiger partial charge on any atom is 0.335 e. The molecular weight excluding hydrogens is 312 g/mol. The monoisotopic (exact) mass is 326 g/mol. The fourth-order valence-corrected chi connectivity index (χ4v) is 2.93. The highest BCUT2D eigenvalue weighted by atomic mass is 16.5. The minimum absolute atomic E-state index is 0.0279. The molecule has 3 aromatic rings. The molecule has 1 aliphatic heterocycles. The van der Waals surface area contributed by atoms with Crippen LogP contribution in [0.25, 0.3) is 11.0 Å². The molecule has 24 heavy (non-hydrogen) atoms. The third-order valence-corrected chi connectivity index (χ3v) is 4.34. The largest absolute Gasteiger partial charge is 0.478 e. The Morgan fingerprint density at radius 2 is 2.21 bits per heavy atom. The molecule has 1 unspecified atom stereocenters. The van der Waals surface area contributed by atoms with Gasteiger partial charge in [0.1, 0.15) is 6.26 Å². The molecule has 1 aromatic carbocycles. The molecule has 0 bridgehead atoms. The molecule has 1 aliphatic rings. The molecule has 1 fully saturated rings. The lowest BCUT2D eigenvalue weighted by Crippen LogP contribution is -2.53. The van der Waals surface area contributed by atoms with Gasteiger partial charge in [-0.25, -0.2) is 9.78 Å². The van der Waals surface area contributed by atoms with Gasteiger partial charge in [0.25, 0.3) is 5.91 Å². The predicted octanol–water partition coefficient (Wildman–Crippen LogP) is 1.64. The first-order valence-corrected chi connectivity index (χ1v) is 7.53. The van der Waals surface area contributed by atoms with E-state index in [9.17, 15) is 9.59 Å². The summed E-state index contributed by atoms with van der Waals surface area (Å²) in [5.74, 6) is -1.13. The van der Waals surface area contributed by atoms with Gasteiger partial charge in [-0.1, -0.05) is 5.16 Å². The van der Waals surface area contributed by atoms with E-state index in [2.05, 4.69) is 10.1 Å². The van der Waals surface area contributed by atoms with Gasteiger partial charge < -0.3 is 19.1 Å². The lowest BCUT2D eigenvalue weighted by Gasteiger charge is -2.40. The maximum absolute atomic E-state index is 12.3. The third-order valence-electron chi connectivity index (χ3n) is 4.34. The van der Waals surface area contributed by atoms with Crippen molar-refractivity contribution in [3.8, 4) is 0 Å². The van der Waals surface area contributed by atoms with Crippen molar-refractivity contribution < 1.29 is 19.2 Å². The zero-order chi connectivity index (χ0) is 16.7. The Morgan fingerprint density at radius 1 is 1.33 bits per heavy atom. The Labute approximate surface area is 136 Å². The van der Waals surface area contributed by atoms with E-state index in [1.165, 1.54) is 12.3 Å². The number of likely N-dealkylation sites (tertiary alicyclic amines) is 1. The molecule has 2 aromatic heterocycles. The first-order valence-electron chi connectivity index (χ1n) is 7.53. The number of carboxylic acid groups (broad SMARTS) is 1. The summed E-state index contributed by atoms with van der Waals surface area (Å²) in [4.78, 5) is 29.5. The second-order valence-electron chi connectivity index (χ2n) is 5.73. The van der Waals surface area contributed by atoms with E-state index in [4.69, 9.17) is 9.63 Å². The zero-order valence-electron chi connectivity index (χ0n) is 12.6. The molecule has 1 amide bonds. The van der Waals surface area contributed by atoms with Gasteiger partial charge in [0.05, 0.1) is 29.0 Å². The lowest BCUT2D eigenvalue weighted by atomic mass is 10.0. The molecule has 122 valence electrons. The van der Waals surface area contributed by atoms with Gasteiger partial charge in [-0.05, 0) is 24.6 Å². The van der Waals surface area contributed by atoms with E-state index in [-0.39, 0.29) is 17.5 Å². The number of hydrogen-bond acceptors (Lipinski definition) is 5. The van der Waals surface area contributed by atoms with Crippen molar-refractivity contribution in [1.82, 2.24) is 19.6 Å². The molecule has 0 aliphatic carbocycles. The van der Waals surface area contributed by atoms with Gasteiger partial charge in [-0.2, -0.15) is 0 Å². The van der Waals surface area contributed by atoms with Crippen LogP contribution in [0.1, 0.15) is 27.3 Å². The highest BCUT2D eigenvalue weighted by Crippen LogP contribution is 2.24. The van der Waals surface area contributed by atoms with E-state index in [0.717, 1.165) is 17.5 Å². The predicted molar refractivity (Wildman–Crippen MR) is 82.6 cm³/mol. The highest BCUT2D eigenvalue weighted by molar-refractivity contribution is 5.93. The van der Waals surface area contributed by atoms with E-state index >= 15 is 0 Å². The molecule has 0 spiro atoms. The van der Waals surface area contributed by atoms with Crippen LogP contribution in [0.3, 0.4) is 0 Å². The summed E-state index contributed by atoms with van der Waals surface area (Å²) in [7, 11) is 0. The van der Waals surface area contributed by atoms with Gasteiger partial charge in [0, 0.05) is 19.2 Å². The number of aromatic nitrogens is 3. The average Bonchev–Trinajstić information content (AvgIpc) is 3.20. The van der Waals surface area contributed by atoms with Crippen molar-refractivity contribution in [2.75, 3.05) is 6.54 Å². The lowest BCUT2D eigenvalue weighted by molar-refractivity contribution is 0.0416. The minimum atomic E-state index is -0.976. The number of hydrogen-bond donors (Lipinski definition) is 1. The van der Waals surface area contributed by atoms with Gasteiger partial charge >= 0.3 is 5.97 Å². The number of rotatable bonds is 4. The molecule has 3 heterocycles. The first-order chi connectivity index (χ1) is 11.6. The molecular formula is C16H14N4O4. The number of benzene rings is 1. The molecule has 4 rings (SSSR count). The number of aromatic carboxylic acids is 1. The van der Waals surface area contributed by atoms with Crippen LogP contribution in [0.4, 0.5) is 0 Å². The number of carboxylic acids is 1. The van der Waals surface area contributed by atoms with Crippen LogP contribution in [0.5, 0.6) is 0 Å². The van der Waals surface area contributed by atoms with Crippen LogP contribution in [0.15, 0.2) is 41.4 Å². The second-order valence-corrected chi connectivity index (χ2v) is 5.73. The Morgan fingerprint density at radius 3 is 2.88 bits per heavy atom. The molecule has 8 nitrogen and oxygen atoms in total. The Balaban J connectivity index is 1.57. The summed E-state index contributed by atoms with van der Waals surface area (Å²) in [6, 6.07) is 6.40. The topological polar surface area (TPSA) is 101 Å². The van der Waals surface area contributed by atoms with Gasteiger partial charge in [-0.15, -0.1) is 0 Å². The molecule has 1 saturated heterocycles. The SMILES string of the molecule is O=C(O)c1ccc2ncn(CC3CCN3C(=O)c3ccon3)c2c1. The van der Waals surface area contributed by atoms with Gasteiger partial charge in [0.15, 0.2) is 5.69 Å². The van der Waals surface area contributed by atoms with Crippen molar-refractivity contribution in [3.05, 3.63) is 48.1 Å². The van der Waals surface area contributed by atoms with E-state index < -0.39 is 5.97 Å². The number of fused-ring (bicyclic) bond motifs is 1. The van der Waals surface area contributed by atoms with Crippen LogP contribution in [-0.2, 0) is 6.54 Å². The van der Waals surface area contributed by atoms with E-state index in [0.29, 0.717) is 18.8 Å². The van der Waals surface area contributed by atoms with Crippen LogP contribution < -0.4 is 0 Å². The van der Waals surface area contributed by atoms with Crippen LogP contribution in [0, 0.1) is 0 Å². The Hall–Kier alpha value is -3.16. The van der Waals surface area contributed by atoms with Crippen molar-refractivity contribution in [2.45, 2.75) is 19.0 Å². The second kappa shape index (κ2) is 5.48. The normalized spacial score (nSPS) is 17.0. The van der Waals surface area contributed by atoms with Crippen LogP contribution >= 0.6 is 0 Å². The summed E-state index contributed by atoms with van der Waals surface area (Å²) in [5.41, 5.74) is 1.99. The number of carbonyl (C=O) groups is 2. The summed E-state index contributed by atoms with van der Waals surface area (Å²) in [6.07, 6.45) is 3.92. The number of nitrogens with zero attached hydrogens (tertiary/aromatic N) is 4. The summed E-state index contributed by atoms with van der Waals surface area (Å²) >= 11 is 0. The molecule has 8 heteroatoms. The fraction of sp³-hybridized carbons (Fsp3) is 0.250.